The Kier molecular flexibility index (Phi) is 7.39. The van der Waals surface area contributed by atoms with Crippen LogP contribution in [0.1, 0.15) is 26.3 Å². The minimum atomic E-state index is -4.08. The molecule has 2 rings (SSSR count). The molecule has 0 bridgehead atoms. The summed E-state index contributed by atoms with van der Waals surface area (Å²) in [6.07, 6.45) is 0. The first kappa shape index (κ1) is 21.7. The van der Waals surface area contributed by atoms with Gasteiger partial charge in [-0.05, 0) is 54.8 Å². The molecule has 6 nitrogen and oxygen atoms in total. The number of carbonyl (C=O) groups is 1. The van der Waals surface area contributed by atoms with Gasteiger partial charge in [-0.15, -0.1) is 0 Å². The molecule has 0 aliphatic carbocycles. The molecular weight excluding hydrogens is 383 g/mol. The van der Waals surface area contributed by atoms with Crippen LogP contribution in [0.25, 0.3) is 0 Å². The number of nitrogens with one attached hydrogen (secondary N) is 1. The minimum absolute atomic E-state index is 0.127. The van der Waals surface area contributed by atoms with Crippen molar-refractivity contribution in [2.24, 2.45) is 5.92 Å². The number of halogens is 1. The highest BCUT2D eigenvalue weighted by molar-refractivity contribution is 7.87. The monoisotopic (exact) mass is 408 g/mol. The van der Waals surface area contributed by atoms with Gasteiger partial charge < -0.3 is 14.4 Å². The van der Waals surface area contributed by atoms with Crippen LogP contribution in [0.3, 0.4) is 0 Å². The Hall–Kier alpha value is -2.61. The van der Waals surface area contributed by atoms with Crippen molar-refractivity contribution in [1.82, 2.24) is 10.2 Å². The van der Waals surface area contributed by atoms with Crippen LogP contribution in [-0.4, -0.2) is 32.4 Å². The van der Waals surface area contributed by atoms with Crippen molar-refractivity contribution in [3.63, 3.8) is 0 Å². The van der Waals surface area contributed by atoms with Gasteiger partial charge in [0.1, 0.15) is 16.5 Å². The average molecular weight is 408 g/mol. The third-order valence-corrected chi connectivity index (χ3v) is 5.04. The fourth-order valence-electron chi connectivity index (χ4n) is 2.62. The highest BCUT2D eigenvalue weighted by Gasteiger charge is 2.18. The summed E-state index contributed by atoms with van der Waals surface area (Å²) >= 11 is 0. The maximum atomic E-state index is 13.0. The predicted molar refractivity (Wildman–Crippen MR) is 105 cm³/mol. The maximum Gasteiger partial charge on any atom is 0.339 e. The summed E-state index contributed by atoms with van der Waals surface area (Å²) in [5.41, 5.74) is 0.735. The molecule has 0 fully saturated rings. The molecular formula is C20H25FN2O4S. The van der Waals surface area contributed by atoms with Crippen LogP contribution < -0.4 is 9.50 Å². The first-order chi connectivity index (χ1) is 13.2. The fourth-order valence-corrected chi connectivity index (χ4v) is 3.54. The van der Waals surface area contributed by atoms with E-state index in [2.05, 4.69) is 5.32 Å². The zero-order chi connectivity index (χ0) is 20.7. The SMILES string of the molecule is CCNC(=O)N(Cc1cccc(OS(=O)(=O)c2ccc(F)cc2)c1)CC(C)C. The summed E-state index contributed by atoms with van der Waals surface area (Å²) in [5, 5.41) is 2.78. The lowest BCUT2D eigenvalue weighted by Crippen LogP contribution is -2.41. The second-order valence-corrected chi connectivity index (χ2v) is 8.29. The molecule has 0 saturated heterocycles. The van der Waals surface area contributed by atoms with E-state index >= 15 is 0 Å². The van der Waals surface area contributed by atoms with E-state index < -0.39 is 15.9 Å². The van der Waals surface area contributed by atoms with Gasteiger partial charge in [-0.3, -0.25) is 0 Å². The molecule has 0 aromatic heterocycles. The molecule has 0 aliphatic rings. The molecule has 0 radical (unpaired) electrons. The zero-order valence-electron chi connectivity index (χ0n) is 16.2. The molecule has 0 atom stereocenters. The van der Waals surface area contributed by atoms with Gasteiger partial charge in [0.25, 0.3) is 0 Å². The summed E-state index contributed by atoms with van der Waals surface area (Å²) in [5.74, 6) is -0.125. The summed E-state index contributed by atoms with van der Waals surface area (Å²) in [6.45, 7) is 7.28. The Morgan fingerprint density at radius 1 is 1.18 bits per heavy atom. The number of hydrogen-bond donors (Lipinski definition) is 1. The molecule has 0 spiro atoms. The van der Waals surface area contributed by atoms with Gasteiger partial charge in [-0.25, -0.2) is 9.18 Å². The van der Waals surface area contributed by atoms with Crippen molar-refractivity contribution in [1.29, 1.82) is 0 Å². The molecule has 0 heterocycles. The number of hydrogen-bond acceptors (Lipinski definition) is 4. The van der Waals surface area contributed by atoms with E-state index in [1.54, 1.807) is 23.1 Å². The van der Waals surface area contributed by atoms with Crippen LogP contribution in [0, 0.1) is 11.7 Å². The van der Waals surface area contributed by atoms with Crippen molar-refractivity contribution in [2.75, 3.05) is 13.1 Å². The topological polar surface area (TPSA) is 75.7 Å². The largest absolute Gasteiger partial charge is 0.379 e. The van der Waals surface area contributed by atoms with Crippen LogP contribution >= 0.6 is 0 Å². The zero-order valence-corrected chi connectivity index (χ0v) is 17.0. The lowest BCUT2D eigenvalue weighted by Gasteiger charge is -2.25. The molecule has 8 heteroatoms. The van der Waals surface area contributed by atoms with Crippen LogP contribution in [0.5, 0.6) is 5.75 Å². The molecule has 1 N–H and O–H groups in total. The number of benzene rings is 2. The maximum absolute atomic E-state index is 13.0. The number of urea groups is 1. The van der Waals surface area contributed by atoms with Gasteiger partial charge in [0.05, 0.1) is 0 Å². The van der Waals surface area contributed by atoms with Gasteiger partial charge in [-0.1, -0.05) is 26.0 Å². The third kappa shape index (κ3) is 6.23. The Morgan fingerprint density at radius 3 is 2.46 bits per heavy atom. The Bertz CT molecular complexity index is 899. The average Bonchev–Trinajstić information content (AvgIpc) is 2.61. The van der Waals surface area contributed by atoms with E-state index in [9.17, 15) is 17.6 Å². The van der Waals surface area contributed by atoms with E-state index in [4.69, 9.17) is 4.18 Å². The van der Waals surface area contributed by atoms with Crippen LogP contribution in [0.2, 0.25) is 0 Å². The third-order valence-electron chi connectivity index (χ3n) is 3.78. The smallest absolute Gasteiger partial charge is 0.339 e. The Labute approximate surface area is 165 Å². The predicted octanol–water partition coefficient (Wildman–Crippen LogP) is 3.78. The summed E-state index contributed by atoms with van der Waals surface area (Å²) in [6, 6.07) is 10.8. The molecule has 0 saturated carbocycles. The number of carbonyl (C=O) groups excluding carboxylic acids is 1. The molecule has 0 unspecified atom stereocenters. The molecule has 2 aromatic rings. The molecule has 0 aliphatic heterocycles. The lowest BCUT2D eigenvalue weighted by atomic mass is 10.1. The molecule has 28 heavy (non-hydrogen) atoms. The van der Waals surface area contributed by atoms with Gasteiger partial charge in [0.15, 0.2) is 0 Å². The summed E-state index contributed by atoms with van der Waals surface area (Å²) < 4.78 is 42.9. The molecule has 152 valence electrons. The van der Waals surface area contributed by atoms with E-state index in [1.807, 2.05) is 20.8 Å². The van der Waals surface area contributed by atoms with Crippen molar-refractivity contribution < 1.29 is 21.8 Å². The standard InChI is InChI=1S/C20H25FN2O4S/c1-4-22-20(24)23(13-15(2)3)14-16-6-5-7-18(12-16)27-28(25,26)19-10-8-17(21)9-11-19/h5-12,15H,4,13-14H2,1-3H3,(H,22,24). The van der Waals surface area contributed by atoms with Crippen molar-refractivity contribution in [3.8, 4) is 5.75 Å². The Morgan fingerprint density at radius 2 is 1.86 bits per heavy atom. The first-order valence-electron chi connectivity index (χ1n) is 9.03. The van der Waals surface area contributed by atoms with Gasteiger partial charge in [-0.2, -0.15) is 8.42 Å². The van der Waals surface area contributed by atoms with Gasteiger partial charge >= 0.3 is 16.1 Å². The van der Waals surface area contributed by atoms with E-state index in [1.165, 1.54) is 6.07 Å². The van der Waals surface area contributed by atoms with Gasteiger partial charge in [0, 0.05) is 19.6 Å². The van der Waals surface area contributed by atoms with Gasteiger partial charge in [0.2, 0.25) is 0 Å². The van der Waals surface area contributed by atoms with Crippen molar-refractivity contribution in [2.45, 2.75) is 32.2 Å². The number of amides is 2. The normalized spacial score (nSPS) is 11.3. The highest BCUT2D eigenvalue weighted by Crippen LogP contribution is 2.21. The second-order valence-electron chi connectivity index (χ2n) is 6.75. The Balaban J connectivity index is 2.18. The molecule has 2 aromatic carbocycles. The number of nitrogens with zero attached hydrogens (tertiary/aromatic N) is 1. The van der Waals surface area contributed by atoms with E-state index in [0.29, 0.717) is 19.6 Å². The van der Waals surface area contributed by atoms with Crippen LogP contribution in [0.15, 0.2) is 53.4 Å². The van der Waals surface area contributed by atoms with E-state index in [0.717, 1.165) is 29.8 Å². The first-order valence-corrected chi connectivity index (χ1v) is 10.4. The minimum Gasteiger partial charge on any atom is -0.379 e. The fraction of sp³-hybridized carbons (Fsp3) is 0.350. The van der Waals surface area contributed by atoms with Crippen LogP contribution in [0.4, 0.5) is 9.18 Å². The number of rotatable bonds is 8. The summed E-state index contributed by atoms with van der Waals surface area (Å²) in [7, 11) is -4.08. The van der Waals surface area contributed by atoms with Crippen molar-refractivity contribution in [3.05, 3.63) is 59.9 Å². The van der Waals surface area contributed by atoms with E-state index in [-0.39, 0.29) is 22.6 Å². The van der Waals surface area contributed by atoms with Crippen molar-refractivity contribution >= 4 is 16.1 Å². The van der Waals surface area contributed by atoms with Crippen LogP contribution in [-0.2, 0) is 16.7 Å². The highest BCUT2D eigenvalue weighted by atomic mass is 32.2. The summed E-state index contributed by atoms with van der Waals surface area (Å²) in [4.78, 5) is 13.8. The lowest BCUT2D eigenvalue weighted by molar-refractivity contribution is 0.188. The second kappa shape index (κ2) is 9.54. The molecule has 2 amide bonds. The quantitative estimate of drug-likeness (QED) is 0.675.